The van der Waals surface area contributed by atoms with Crippen LogP contribution in [-0.2, 0) is 9.53 Å². The Labute approximate surface area is 118 Å². The Morgan fingerprint density at radius 2 is 2.32 bits per heavy atom. The minimum Gasteiger partial charge on any atom is -0.377 e. The molecule has 2 rings (SSSR count). The molecule has 0 aliphatic carbocycles. The van der Waals surface area contributed by atoms with Crippen molar-refractivity contribution < 1.29 is 9.53 Å². The number of hydrogen-bond acceptors (Lipinski definition) is 4. The largest absolute Gasteiger partial charge is 0.377 e. The lowest BCUT2D eigenvalue weighted by molar-refractivity contribution is -0.131. The summed E-state index contributed by atoms with van der Waals surface area (Å²) in [6, 6.07) is 4.03. The Bertz CT molecular complexity index is 406. The molecule has 1 aliphatic rings. The predicted octanol–water partition coefficient (Wildman–Crippen LogP) is 2.38. The fourth-order valence-corrected chi connectivity index (χ4v) is 3.08. The zero-order valence-corrected chi connectivity index (χ0v) is 12.6. The van der Waals surface area contributed by atoms with Gasteiger partial charge in [-0.1, -0.05) is 13.0 Å². The van der Waals surface area contributed by atoms with Gasteiger partial charge in [0, 0.05) is 11.4 Å². The highest BCUT2D eigenvalue weighted by Crippen LogP contribution is 2.29. The van der Waals surface area contributed by atoms with Crippen molar-refractivity contribution in [2.45, 2.75) is 45.5 Å². The van der Waals surface area contributed by atoms with Crippen LogP contribution < -0.4 is 5.32 Å². The number of nitrogens with zero attached hydrogens (tertiary/aromatic N) is 1. The van der Waals surface area contributed by atoms with Crippen molar-refractivity contribution in [3.05, 3.63) is 22.4 Å². The first-order chi connectivity index (χ1) is 9.13. The van der Waals surface area contributed by atoms with E-state index in [1.165, 1.54) is 4.88 Å². The SMILES string of the molecule is CCC1NC(c2cccs2)N(CCOC(C)C)C1=O. The van der Waals surface area contributed by atoms with E-state index in [0.29, 0.717) is 13.2 Å². The standard InChI is InChI=1S/C14H22N2O2S/c1-4-11-14(17)16(7-8-18-10(2)3)13(15-11)12-6-5-9-19-12/h5-6,9-11,13,15H,4,7-8H2,1-3H3. The summed E-state index contributed by atoms with van der Waals surface area (Å²) in [5.74, 6) is 0.188. The van der Waals surface area contributed by atoms with Crippen molar-refractivity contribution in [2.75, 3.05) is 13.2 Å². The van der Waals surface area contributed by atoms with Crippen LogP contribution in [0.3, 0.4) is 0 Å². The van der Waals surface area contributed by atoms with Gasteiger partial charge in [0.1, 0.15) is 6.17 Å². The van der Waals surface area contributed by atoms with Gasteiger partial charge >= 0.3 is 0 Å². The monoisotopic (exact) mass is 282 g/mol. The lowest BCUT2D eigenvalue weighted by Crippen LogP contribution is -2.34. The van der Waals surface area contributed by atoms with Crippen LogP contribution in [0.25, 0.3) is 0 Å². The third-order valence-electron chi connectivity index (χ3n) is 3.26. The van der Waals surface area contributed by atoms with Crippen LogP contribution in [0, 0.1) is 0 Å². The van der Waals surface area contributed by atoms with Gasteiger partial charge in [-0.3, -0.25) is 10.1 Å². The van der Waals surface area contributed by atoms with Gasteiger partial charge in [0.2, 0.25) is 5.91 Å². The molecule has 1 amide bonds. The first-order valence-electron chi connectivity index (χ1n) is 6.85. The minimum absolute atomic E-state index is 0.00760. The second-order valence-electron chi connectivity index (χ2n) is 5.00. The average molecular weight is 282 g/mol. The number of hydrogen-bond donors (Lipinski definition) is 1. The Morgan fingerprint density at radius 3 is 2.89 bits per heavy atom. The highest BCUT2D eigenvalue weighted by atomic mass is 32.1. The van der Waals surface area contributed by atoms with Crippen LogP contribution in [0.4, 0.5) is 0 Å². The van der Waals surface area contributed by atoms with Crippen LogP contribution in [0.5, 0.6) is 0 Å². The summed E-state index contributed by atoms with van der Waals surface area (Å²) in [4.78, 5) is 15.4. The number of thiophene rings is 1. The molecule has 1 aromatic heterocycles. The van der Waals surface area contributed by atoms with E-state index in [1.54, 1.807) is 11.3 Å². The maximum atomic E-state index is 12.3. The van der Waals surface area contributed by atoms with Crippen LogP contribution in [-0.4, -0.2) is 36.1 Å². The van der Waals surface area contributed by atoms with Crippen molar-refractivity contribution in [3.8, 4) is 0 Å². The molecule has 106 valence electrons. The molecule has 2 unspecified atom stereocenters. The van der Waals surface area contributed by atoms with Gasteiger partial charge in [0.25, 0.3) is 0 Å². The summed E-state index contributed by atoms with van der Waals surface area (Å²) in [6.45, 7) is 7.28. The van der Waals surface area contributed by atoms with E-state index in [-0.39, 0.29) is 24.2 Å². The van der Waals surface area contributed by atoms with E-state index in [1.807, 2.05) is 37.1 Å². The maximum absolute atomic E-state index is 12.3. The van der Waals surface area contributed by atoms with E-state index in [0.717, 1.165) is 6.42 Å². The highest BCUT2D eigenvalue weighted by Gasteiger charge is 2.38. The Balaban J connectivity index is 2.05. The normalized spacial score (nSPS) is 23.6. The Morgan fingerprint density at radius 1 is 1.53 bits per heavy atom. The molecular formula is C14H22N2O2S. The number of ether oxygens (including phenoxy) is 1. The van der Waals surface area contributed by atoms with Crippen LogP contribution in [0.15, 0.2) is 17.5 Å². The van der Waals surface area contributed by atoms with Crippen molar-refractivity contribution in [1.82, 2.24) is 10.2 Å². The van der Waals surface area contributed by atoms with Crippen LogP contribution in [0.1, 0.15) is 38.2 Å². The molecule has 0 aromatic carbocycles. The summed E-state index contributed by atoms with van der Waals surface area (Å²) in [7, 11) is 0. The molecule has 0 bridgehead atoms. The first-order valence-corrected chi connectivity index (χ1v) is 7.73. The molecule has 19 heavy (non-hydrogen) atoms. The fraction of sp³-hybridized carbons (Fsp3) is 0.643. The zero-order chi connectivity index (χ0) is 13.8. The number of carbonyl (C=O) groups is 1. The van der Waals surface area contributed by atoms with E-state index < -0.39 is 0 Å². The molecule has 1 saturated heterocycles. The first kappa shape index (κ1) is 14.5. The summed E-state index contributed by atoms with van der Waals surface area (Å²) in [6.07, 6.45) is 1.03. The fourth-order valence-electron chi connectivity index (χ4n) is 2.28. The van der Waals surface area contributed by atoms with E-state index in [4.69, 9.17) is 4.74 Å². The average Bonchev–Trinajstić information content (AvgIpc) is 2.98. The molecule has 2 atom stereocenters. The summed E-state index contributed by atoms with van der Waals surface area (Å²) in [5, 5.41) is 5.46. The number of nitrogens with one attached hydrogen (secondary N) is 1. The zero-order valence-electron chi connectivity index (χ0n) is 11.8. The molecule has 4 nitrogen and oxygen atoms in total. The molecule has 0 spiro atoms. The topological polar surface area (TPSA) is 41.6 Å². The Hall–Kier alpha value is -0.910. The van der Waals surface area contributed by atoms with E-state index in [9.17, 15) is 4.79 Å². The molecule has 1 fully saturated rings. The van der Waals surface area contributed by atoms with Crippen LogP contribution >= 0.6 is 11.3 Å². The molecule has 2 heterocycles. The maximum Gasteiger partial charge on any atom is 0.241 e. The highest BCUT2D eigenvalue weighted by molar-refractivity contribution is 7.10. The van der Waals surface area contributed by atoms with Gasteiger partial charge in [0.15, 0.2) is 0 Å². The summed E-state index contributed by atoms with van der Waals surface area (Å²) < 4.78 is 5.57. The second kappa shape index (κ2) is 6.50. The quantitative estimate of drug-likeness (QED) is 0.871. The van der Waals surface area contributed by atoms with Gasteiger partial charge in [-0.05, 0) is 31.7 Å². The van der Waals surface area contributed by atoms with Crippen molar-refractivity contribution in [1.29, 1.82) is 0 Å². The van der Waals surface area contributed by atoms with E-state index >= 15 is 0 Å². The van der Waals surface area contributed by atoms with Crippen molar-refractivity contribution in [3.63, 3.8) is 0 Å². The molecule has 5 heteroatoms. The molecular weight excluding hydrogens is 260 g/mol. The second-order valence-corrected chi connectivity index (χ2v) is 5.98. The van der Waals surface area contributed by atoms with Crippen molar-refractivity contribution in [2.24, 2.45) is 0 Å². The van der Waals surface area contributed by atoms with Crippen molar-refractivity contribution >= 4 is 17.2 Å². The van der Waals surface area contributed by atoms with Crippen LogP contribution in [0.2, 0.25) is 0 Å². The predicted molar refractivity (Wildman–Crippen MR) is 77.1 cm³/mol. The third-order valence-corrected chi connectivity index (χ3v) is 4.18. The molecule has 1 aromatic rings. The Kier molecular flexibility index (Phi) is 4.96. The van der Waals surface area contributed by atoms with Gasteiger partial charge < -0.3 is 9.64 Å². The van der Waals surface area contributed by atoms with Gasteiger partial charge in [0.05, 0.1) is 18.8 Å². The molecule has 1 aliphatic heterocycles. The molecule has 0 radical (unpaired) electrons. The van der Waals surface area contributed by atoms with Gasteiger partial charge in [-0.15, -0.1) is 11.3 Å². The molecule has 0 saturated carbocycles. The van der Waals surface area contributed by atoms with E-state index in [2.05, 4.69) is 11.4 Å². The lowest BCUT2D eigenvalue weighted by atomic mass is 10.2. The number of rotatable bonds is 6. The number of amides is 1. The van der Waals surface area contributed by atoms with Gasteiger partial charge in [-0.2, -0.15) is 0 Å². The lowest BCUT2D eigenvalue weighted by Gasteiger charge is -2.23. The van der Waals surface area contributed by atoms with Gasteiger partial charge in [-0.25, -0.2) is 0 Å². The third kappa shape index (κ3) is 3.35. The summed E-state index contributed by atoms with van der Waals surface area (Å²) in [5.41, 5.74) is 0. The smallest absolute Gasteiger partial charge is 0.241 e. The minimum atomic E-state index is -0.0638. The number of carbonyl (C=O) groups excluding carboxylic acids is 1. The summed E-state index contributed by atoms with van der Waals surface area (Å²) >= 11 is 1.68. The molecule has 1 N–H and O–H groups in total.